The molecule has 0 aliphatic rings. The van der Waals surface area contributed by atoms with Crippen LogP contribution in [0.1, 0.15) is 11.1 Å². The molecule has 312 valence electrons. The van der Waals surface area contributed by atoms with Crippen molar-refractivity contribution in [2.75, 3.05) is 9.80 Å². The predicted octanol–water partition coefficient (Wildman–Crippen LogP) is 18.1. The summed E-state index contributed by atoms with van der Waals surface area (Å²) in [5, 5.41) is 11.5. The number of hydrogen-bond donors (Lipinski definition) is 0. The third-order valence-electron chi connectivity index (χ3n) is 13.6. The van der Waals surface area contributed by atoms with Gasteiger partial charge in [-0.3, -0.25) is 0 Å². The van der Waals surface area contributed by atoms with Gasteiger partial charge in [-0.2, -0.15) is 0 Å². The molecule has 0 bridgehead atoms. The van der Waals surface area contributed by atoms with Crippen molar-refractivity contribution >= 4 is 99.2 Å². The minimum atomic E-state index is -0.299. The smallest absolute Gasteiger partial charge is 0.148 e. The van der Waals surface area contributed by atoms with Gasteiger partial charge in [0.05, 0.1) is 22.7 Å². The van der Waals surface area contributed by atoms with Crippen LogP contribution in [0.3, 0.4) is 0 Å². The third-order valence-corrected chi connectivity index (χ3v) is 13.6. The van der Waals surface area contributed by atoms with Crippen molar-refractivity contribution in [1.29, 1.82) is 0 Å². The maximum atomic E-state index is 17.7. The first kappa shape index (κ1) is 38.0. The van der Waals surface area contributed by atoms with E-state index in [2.05, 4.69) is 163 Å². The summed E-state index contributed by atoms with van der Waals surface area (Å²) in [7, 11) is 0. The largest absolute Gasteiger partial charge is 0.456 e. The molecule has 0 aliphatic carbocycles. The fraction of sp³-hybridized carbons (Fsp3) is 0.0323. The van der Waals surface area contributed by atoms with Gasteiger partial charge >= 0.3 is 0 Å². The molecule has 3 nitrogen and oxygen atoms in total. The summed E-state index contributed by atoms with van der Waals surface area (Å²) in [5.74, 6) is -0.299. The van der Waals surface area contributed by atoms with E-state index in [4.69, 9.17) is 4.42 Å². The van der Waals surface area contributed by atoms with E-state index in [0.29, 0.717) is 5.69 Å². The van der Waals surface area contributed by atoms with Crippen molar-refractivity contribution in [2.45, 2.75) is 13.8 Å². The van der Waals surface area contributed by atoms with Crippen molar-refractivity contribution in [3.8, 4) is 22.3 Å². The van der Waals surface area contributed by atoms with Gasteiger partial charge in [0.15, 0.2) is 0 Å². The van der Waals surface area contributed by atoms with Crippen LogP contribution < -0.4 is 9.80 Å². The van der Waals surface area contributed by atoms with Crippen molar-refractivity contribution in [3.63, 3.8) is 0 Å². The monoisotopic (exact) mass is 848 g/mol. The second-order valence-corrected chi connectivity index (χ2v) is 17.5. The topological polar surface area (TPSA) is 19.6 Å². The van der Waals surface area contributed by atoms with E-state index in [9.17, 15) is 0 Å². The minimum absolute atomic E-state index is 0.299. The van der Waals surface area contributed by atoms with Gasteiger partial charge in [0.2, 0.25) is 0 Å². The molecule has 0 saturated heterocycles. The summed E-state index contributed by atoms with van der Waals surface area (Å²) in [6.45, 7) is 4.41. The Morgan fingerprint density at radius 2 is 0.879 bits per heavy atom. The zero-order valence-corrected chi connectivity index (χ0v) is 36.4. The molecule has 0 atom stereocenters. The van der Waals surface area contributed by atoms with E-state index in [-0.39, 0.29) is 5.82 Å². The zero-order valence-electron chi connectivity index (χ0n) is 36.4. The fourth-order valence-corrected chi connectivity index (χ4v) is 10.7. The van der Waals surface area contributed by atoms with Gasteiger partial charge in [-0.25, -0.2) is 4.39 Å². The molecule has 1 heterocycles. The summed E-state index contributed by atoms with van der Waals surface area (Å²) in [5.41, 5.74) is 13.1. The Balaban J connectivity index is 1.10. The van der Waals surface area contributed by atoms with Crippen LogP contribution in [-0.2, 0) is 0 Å². The highest BCUT2D eigenvalue weighted by molar-refractivity contribution is 6.30. The maximum Gasteiger partial charge on any atom is 0.148 e. The molecule has 0 saturated carbocycles. The van der Waals surface area contributed by atoms with E-state index >= 15 is 4.39 Å². The lowest BCUT2D eigenvalue weighted by Gasteiger charge is -2.32. The summed E-state index contributed by atoms with van der Waals surface area (Å²) in [4.78, 5) is 4.57. The Kier molecular flexibility index (Phi) is 8.53. The molecule has 1 aromatic heterocycles. The van der Waals surface area contributed by atoms with Crippen molar-refractivity contribution in [2.24, 2.45) is 0 Å². The average Bonchev–Trinajstić information content (AvgIpc) is 3.76. The van der Waals surface area contributed by atoms with Crippen LogP contribution in [0.25, 0.3) is 87.3 Å². The Morgan fingerprint density at radius 3 is 1.52 bits per heavy atom. The number of halogens is 1. The van der Waals surface area contributed by atoms with Gasteiger partial charge in [0, 0.05) is 43.9 Å². The molecule has 13 rings (SSSR count). The average molecular weight is 849 g/mol. The van der Waals surface area contributed by atoms with Gasteiger partial charge in [0.1, 0.15) is 17.0 Å². The molecule has 0 amide bonds. The lowest BCUT2D eigenvalue weighted by Crippen LogP contribution is -2.14. The standard InChI is InChI=1S/C62H41FN2O/c1-38-34-54(64(44-21-11-5-12-22-44)53-32-33-57-61-48(53)27-26-42-20-15-25-56(66-57)58(42)61)49-30-28-47-39(2)35-55(50-31-29-46(38)59(49)60(47)50)65(45-23-13-6-14-24-45)62-51(41-18-9-4-10-19-41)36-43(37-52(62)63)40-16-7-3-8-17-40/h3-37H,1-2H3. The SMILES string of the molecule is Cc1cc(N(c2ccccc2)c2c(F)cc(-c3ccccc3)cc2-c2ccccc2)c2ccc3c(C)cc(N(c4ccccc4)c4ccc5oc6cccc7ccc4c5c76)c4ccc1c2c34. The Bertz CT molecular complexity index is 3960. The van der Waals surface area contributed by atoms with Gasteiger partial charge in [-0.15, -0.1) is 0 Å². The molecule has 12 aromatic carbocycles. The fourth-order valence-electron chi connectivity index (χ4n) is 10.7. The highest BCUT2D eigenvalue weighted by atomic mass is 19.1. The van der Waals surface area contributed by atoms with Gasteiger partial charge in [0.25, 0.3) is 0 Å². The molecule has 4 heteroatoms. The van der Waals surface area contributed by atoms with Gasteiger partial charge in [-0.1, -0.05) is 146 Å². The second-order valence-electron chi connectivity index (χ2n) is 17.5. The highest BCUT2D eigenvalue weighted by Gasteiger charge is 2.28. The molecule has 0 aliphatic heterocycles. The molecular weight excluding hydrogens is 808 g/mol. The Morgan fingerprint density at radius 1 is 0.364 bits per heavy atom. The van der Waals surface area contributed by atoms with E-state index in [1.54, 1.807) is 6.07 Å². The lowest BCUT2D eigenvalue weighted by atomic mass is 9.88. The predicted molar refractivity (Wildman–Crippen MR) is 276 cm³/mol. The van der Waals surface area contributed by atoms with Crippen molar-refractivity contribution < 1.29 is 8.81 Å². The number of nitrogens with zero attached hydrogens (tertiary/aromatic N) is 2. The summed E-state index contributed by atoms with van der Waals surface area (Å²) >= 11 is 0. The number of aryl methyl sites for hydroxylation is 2. The minimum Gasteiger partial charge on any atom is -0.456 e. The second kappa shape index (κ2) is 14.8. The zero-order chi connectivity index (χ0) is 44.0. The van der Waals surface area contributed by atoms with E-state index in [1.807, 2.05) is 66.7 Å². The van der Waals surface area contributed by atoms with Crippen LogP contribution in [0.4, 0.5) is 38.5 Å². The molecule has 0 unspecified atom stereocenters. The van der Waals surface area contributed by atoms with Crippen LogP contribution in [0, 0.1) is 19.7 Å². The van der Waals surface area contributed by atoms with E-state index < -0.39 is 0 Å². The van der Waals surface area contributed by atoms with Crippen LogP contribution >= 0.6 is 0 Å². The highest BCUT2D eigenvalue weighted by Crippen LogP contribution is 2.52. The first-order chi connectivity index (χ1) is 32.5. The number of hydrogen-bond acceptors (Lipinski definition) is 3. The Labute approximate surface area is 381 Å². The molecule has 0 fully saturated rings. The molecule has 0 N–H and O–H groups in total. The molecular formula is C62H41FN2O. The summed E-state index contributed by atoms with van der Waals surface area (Å²) < 4.78 is 24.1. The van der Waals surface area contributed by atoms with E-state index in [0.717, 1.165) is 99.7 Å². The number of rotatable bonds is 8. The van der Waals surface area contributed by atoms with Crippen LogP contribution in [0.5, 0.6) is 0 Å². The number of furan rings is 1. The molecule has 0 radical (unpaired) electrons. The quantitative estimate of drug-likeness (QED) is 0.142. The Hall–Kier alpha value is -8.47. The van der Waals surface area contributed by atoms with E-state index in [1.165, 1.54) is 27.1 Å². The van der Waals surface area contributed by atoms with Gasteiger partial charge in [-0.05, 0) is 135 Å². The first-order valence-corrected chi connectivity index (χ1v) is 22.5. The maximum absolute atomic E-state index is 17.7. The van der Waals surface area contributed by atoms with Crippen molar-refractivity contribution in [3.05, 3.63) is 229 Å². The first-order valence-electron chi connectivity index (χ1n) is 22.5. The lowest BCUT2D eigenvalue weighted by molar-refractivity contribution is 0.630. The van der Waals surface area contributed by atoms with Crippen molar-refractivity contribution in [1.82, 2.24) is 0 Å². The molecule has 66 heavy (non-hydrogen) atoms. The molecule has 13 aromatic rings. The number of anilines is 6. The van der Waals surface area contributed by atoms with Gasteiger partial charge < -0.3 is 14.2 Å². The molecule has 0 spiro atoms. The normalized spacial score (nSPS) is 11.9. The number of benzene rings is 12. The number of para-hydroxylation sites is 2. The summed E-state index contributed by atoms with van der Waals surface area (Å²) in [6.07, 6.45) is 0. The van der Waals surface area contributed by atoms with Crippen LogP contribution in [-0.4, -0.2) is 0 Å². The van der Waals surface area contributed by atoms with Crippen LogP contribution in [0.15, 0.2) is 217 Å². The third kappa shape index (κ3) is 5.75. The van der Waals surface area contributed by atoms with Crippen LogP contribution in [0.2, 0.25) is 0 Å². The summed E-state index contributed by atoms with van der Waals surface area (Å²) in [6, 6.07) is 73.8.